The molecule has 1 heterocycles. The summed E-state index contributed by atoms with van der Waals surface area (Å²) in [5.74, 6) is -0.317. The van der Waals surface area contributed by atoms with Crippen LogP contribution in [0.5, 0.6) is 0 Å². The van der Waals surface area contributed by atoms with Gasteiger partial charge in [-0.3, -0.25) is 4.79 Å². The third kappa shape index (κ3) is 3.04. The molecule has 3 nitrogen and oxygen atoms in total. The first kappa shape index (κ1) is 12.9. The number of halogens is 2. The van der Waals surface area contributed by atoms with E-state index in [1.165, 1.54) is 6.07 Å². The summed E-state index contributed by atoms with van der Waals surface area (Å²) in [4.78, 5) is 15.9. The number of carbonyl (C=O) groups is 1. The Labute approximate surface area is 118 Å². The molecule has 0 fully saturated rings. The average Bonchev–Trinajstić information content (AvgIpc) is 2.35. The highest BCUT2D eigenvalue weighted by atomic mass is 127. The number of aryl methyl sites for hydroxylation is 1. The van der Waals surface area contributed by atoms with E-state index in [0.717, 1.165) is 3.57 Å². The van der Waals surface area contributed by atoms with Gasteiger partial charge in [0.25, 0.3) is 5.91 Å². The van der Waals surface area contributed by atoms with Crippen LogP contribution in [0.1, 0.15) is 15.9 Å². The lowest BCUT2D eigenvalue weighted by molar-refractivity contribution is 0.102. The van der Waals surface area contributed by atoms with Crippen LogP contribution >= 0.6 is 22.6 Å². The zero-order valence-corrected chi connectivity index (χ0v) is 11.7. The first-order chi connectivity index (χ1) is 8.56. The molecule has 0 unspecified atom stereocenters. The first-order valence-electron chi connectivity index (χ1n) is 5.25. The molecular weight excluding hydrogens is 346 g/mol. The first-order valence-corrected chi connectivity index (χ1v) is 6.33. The minimum Gasteiger partial charge on any atom is -0.307 e. The lowest BCUT2D eigenvalue weighted by Gasteiger charge is -2.05. The van der Waals surface area contributed by atoms with E-state index in [1.54, 1.807) is 31.3 Å². The van der Waals surface area contributed by atoms with Gasteiger partial charge in [-0.2, -0.15) is 0 Å². The second-order valence-corrected chi connectivity index (χ2v) is 5.03. The molecule has 0 radical (unpaired) electrons. The largest absolute Gasteiger partial charge is 0.307 e. The third-order valence-corrected chi connectivity index (χ3v) is 3.04. The summed E-state index contributed by atoms with van der Waals surface area (Å²) in [6.45, 7) is 1.65. The van der Waals surface area contributed by atoms with Crippen LogP contribution in [0.4, 0.5) is 10.2 Å². The van der Waals surface area contributed by atoms with Gasteiger partial charge in [0.05, 0.1) is 0 Å². The molecule has 2 aromatic rings. The zero-order valence-electron chi connectivity index (χ0n) is 9.58. The molecule has 0 atom stereocenters. The molecule has 0 aliphatic carbocycles. The van der Waals surface area contributed by atoms with Crippen molar-refractivity contribution in [2.45, 2.75) is 6.92 Å². The molecule has 0 aliphatic rings. The monoisotopic (exact) mass is 356 g/mol. The highest BCUT2D eigenvalue weighted by Gasteiger charge is 2.08. The SMILES string of the molecule is Cc1ccc(C(=O)Nc2ccc(I)cn2)cc1F. The van der Waals surface area contributed by atoms with Crippen LogP contribution in [-0.2, 0) is 0 Å². The van der Waals surface area contributed by atoms with E-state index in [4.69, 9.17) is 0 Å². The van der Waals surface area contributed by atoms with Crippen molar-refractivity contribution in [1.29, 1.82) is 0 Å². The fraction of sp³-hybridized carbons (Fsp3) is 0.0769. The molecule has 0 bridgehead atoms. The lowest BCUT2D eigenvalue weighted by atomic mass is 10.1. The van der Waals surface area contributed by atoms with E-state index in [9.17, 15) is 9.18 Å². The number of nitrogens with one attached hydrogen (secondary N) is 1. The lowest BCUT2D eigenvalue weighted by Crippen LogP contribution is -2.13. The number of hydrogen-bond donors (Lipinski definition) is 1. The molecule has 1 amide bonds. The van der Waals surface area contributed by atoms with Crippen molar-refractivity contribution in [1.82, 2.24) is 4.98 Å². The third-order valence-electron chi connectivity index (χ3n) is 2.40. The minimum atomic E-state index is -0.391. The highest BCUT2D eigenvalue weighted by Crippen LogP contribution is 2.12. The van der Waals surface area contributed by atoms with E-state index in [-0.39, 0.29) is 11.5 Å². The van der Waals surface area contributed by atoms with Crippen LogP contribution in [-0.4, -0.2) is 10.9 Å². The van der Waals surface area contributed by atoms with Gasteiger partial charge in [-0.25, -0.2) is 9.37 Å². The molecule has 1 N–H and O–H groups in total. The summed E-state index contributed by atoms with van der Waals surface area (Å²) in [5.41, 5.74) is 0.789. The zero-order chi connectivity index (χ0) is 13.1. The number of hydrogen-bond acceptors (Lipinski definition) is 2. The van der Waals surface area contributed by atoms with Crippen LogP contribution in [0.2, 0.25) is 0 Å². The summed E-state index contributed by atoms with van der Waals surface area (Å²) in [6.07, 6.45) is 1.64. The predicted octanol–water partition coefficient (Wildman–Crippen LogP) is 3.39. The molecule has 2 rings (SSSR count). The van der Waals surface area contributed by atoms with Crippen molar-refractivity contribution in [2.24, 2.45) is 0 Å². The van der Waals surface area contributed by atoms with Gasteiger partial charge < -0.3 is 5.32 Å². The van der Waals surface area contributed by atoms with E-state index >= 15 is 0 Å². The summed E-state index contributed by atoms with van der Waals surface area (Å²) in [6, 6.07) is 7.91. The van der Waals surface area contributed by atoms with Gasteiger partial charge in [0, 0.05) is 15.3 Å². The van der Waals surface area contributed by atoms with Crippen molar-refractivity contribution in [2.75, 3.05) is 5.32 Å². The van der Waals surface area contributed by atoms with E-state index in [1.807, 2.05) is 6.07 Å². The molecular formula is C13H10FIN2O. The second kappa shape index (κ2) is 5.43. The standard InChI is InChI=1S/C13H10FIN2O/c1-8-2-3-9(6-11(8)14)13(18)17-12-5-4-10(15)7-16-12/h2-7H,1H3,(H,16,17,18). The van der Waals surface area contributed by atoms with Crippen molar-refractivity contribution in [3.8, 4) is 0 Å². The Morgan fingerprint density at radius 1 is 1.33 bits per heavy atom. The van der Waals surface area contributed by atoms with Crippen molar-refractivity contribution in [3.63, 3.8) is 0 Å². The molecule has 92 valence electrons. The average molecular weight is 356 g/mol. The van der Waals surface area contributed by atoms with Gasteiger partial charge >= 0.3 is 0 Å². The summed E-state index contributed by atoms with van der Waals surface area (Å²) >= 11 is 2.12. The van der Waals surface area contributed by atoms with Gasteiger partial charge in [-0.05, 0) is 59.3 Å². The minimum absolute atomic E-state index is 0.276. The predicted molar refractivity (Wildman–Crippen MR) is 76.0 cm³/mol. The van der Waals surface area contributed by atoms with Crippen LogP contribution in [0, 0.1) is 16.3 Å². The quantitative estimate of drug-likeness (QED) is 0.839. The number of carbonyl (C=O) groups excluding carboxylic acids is 1. The maximum Gasteiger partial charge on any atom is 0.256 e. The number of anilines is 1. The van der Waals surface area contributed by atoms with Crippen LogP contribution in [0.25, 0.3) is 0 Å². The Hall–Kier alpha value is -1.50. The Bertz CT molecular complexity index is 584. The van der Waals surface area contributed by atoms with Gasteiger partial charge in [0.1, 0.15) is 11.6 Å². The van der Waals surface area contributed by atoms with E-state index < -0.39 is 5.82 Å². The molecule has 5 heteroatoms. The van der Waals surface area contributed by atoms with Crippen LogP contribution in [0.3, 0.4) is 0 Å². The Morgan fingerprint density at radius 3 is 2.72 bits per heavy atom. The topological polar surface area (TPSA) is 42.0 Å². The van der Waals surface area contributed by atoms with E-state index in [2.05, 4.69) is 32.9 Å². The fourth-order valence-corrected chi connectivity index (χ4v) is 1.69. The molecule has 0 saturated carbocycles. The number of rotatable bonds is 2. The van der Waals surface area contributed by atoms with Gasteiger partial charge in [0.2, 0.25) is 0 Å². The molecule has 0 saturated heterocycles. The molecule has 0 spiro atoms. The molecule has 1 aromatic carbocycles. The highest BCUT2D eigenvalue weighted by molar-refractivity contribution is 14.1. The van der Waals surface area contributed by atoms with E-state index in [0.29, 0.717) is 11.4 Å². The summed E-state index contributed by atoms with van der Waals surface area (Å²) < 4.78 is 14.3. The second-order valence-electron chi connectivity index (χ2n) is 3.78. The number of nitrogens with zero attached hydrogens (tertiary/aromatic N) is 1. The summed E-state index contributed by atoms with van der Waals surface area (Å²) in [5, 5.41) is 2.61. The number of amides is 1. The van der Waals surface area contributed by atoms with Gasteiger partial charge in [-0.15, -0.1) is 0 Å². The van der Waals surface area contributed by atoms with Crippen molar-refractivity contribution >= 4 is 34.3 Å². The molecule has 18 heavy (non-hydrogen) atoms. The van der Waals surface area contributed by atoms with Crippen LogP contribution in [0.15, 0.2) is 36.5 Å². The van der Waals surface area contributed by atoms with Gasteiger partial charge in [-0.1, -0.05) is 6.07 Å². The molecule has 0 aliphatic heterocycles. The fourth-order valence-electron chi connectivity index (χ4n) is 1.37. The van der Waals surface area contributed by atoms with Gasteiger partial charge in [0.15, 0.2) is 0 Å². The molecule has 1 aromatic heterocycles. The Balaban J connectivity index is 2.16. The van der Waals surface area contributed by atoms with Crippen molar-refractivity contribution < 1.29 is 9.18 Å². The normalized spacial score (nSPS) is 10.2. The summed E-state index contributed by atoms with van der Waals surface area (Å²) in [7, 11) is 0. The number of benzene rings is 1. The van der Waals surface area contributed by atoms with Crippen molar-refractivity contribution in [3.05, 3.63) is 57.0 Å². The number of pyridine rings is 1. The Kier molecular flexibility index (Phi) is 3.90. The maximum absolute atomic E-state index is 13.3. The smallest absolute Gasteiger partial charge is 0.256 e. The maximum atomic E-state index is 13.3. The Morgan fingerprint density at radius 2 is 2.11 bits per heavy atom. The van der Waals surface area contributed by atoms with Crippen LogP contribution < -0.4 is 5.32 Å². The number of aromatic nitrogens is 1.